The lowest BCUT2D eigenvalue weighted by atomic mass is 10.1. The summed E-state index contributed by atoms with van der Waals surface area (Å²) < 4.78 is 10.2. The number of hydrogen-bond donors (Lipinski definition) is 1. The summed E-state index contributed by atoms with van der Waals surface area (Å²) in [5.41, 5.74) is 2.65. The SMILES string of the molecule is COc1cc(C(=O)OCC(=O)Nc2ccc(CC#N)cc2)ccc1C. The second-order valence-electron chi connectivity index (χ2n) is 5.34. The predicted octanol–water partition coefficient (Wildman–Crippen LogP) is 2.87. The molecule has 25 heavy (non-hydrogen) atoms. The van der Waals surface area contributed by atoms with Crippen LogP contribution in [-0.4, -0.2) is 25.6 Å². The number of esters is 1. The Labute approximate surface area is 146 Å². The fourth-order valence-electron chi connectivity index (χ4n) is 2.16. The van der Waals surface area contributed by atoms with Gasteiger partial charge in [0, 0.05) is 5.69 Å². The molecule has 0 spiro atoms. The third-order valence-electron chi connectivity index (χ3n) is 3.50. The summed E-state index contributed by atoms with van der Waals surface area (Å²) >= 11 is 0. The second-order valence-corrected chi connectivity index (χ2v) is 5.34. The fourth-order valence-corrected chi connectivity index (χ4v) is 2.16. The molecule has 0 heterocycles. The molecular weight excluding hydrogens is 320 g/mol. The Morgan fingerprint density at radius 3 is 2.52 bits per heavy atom. The van der Waals surface area contributed by atoms with Gasteiger partial charge in [-0.05, 0) is 42.3 Å². The number of ether oxygens (including phenoxy) is 2. The van der Waals surface area contributed by atoms with Gasteiger partial charge >= 0.3 is 5.97 Å². The number of carbonyl (C=O) groups is 2. The van der Waals surface area contributed by atoms with Crippen molar-refractivity contribution in [2.24, 2.45) is 0 Å². The van der Waals surface area contributed by atoms with E-state index in [1.54, 1.807) is 42.5 Å². The summed E-state index contributed by atoms with van der Waals surface area (Å²) in [5.74, 6) is -0.463. The molecule has 0 aliphatic heterocycles. The maximum absolute atomic E-state index is 12.0. The lowest BCUT2D eigenvalue weighted by Gasteiger charge is -2.09. The van der Waals surface area contributed by atoms with E-state index in [9.17, 15) is 9.59 Å². The van der Waals surface area contributed by atoms with Gasteiger partial charge in [0.25, 0.3) is 5.91 Å². The van der Waals surface area contributed by atoms with Gasteiger partial charge in [-0.1, -0.05) is 18.2 Å². The number of amides is 1. The highest BCUT2D eigenvalue weighted by atomic mass is 16.5. The van der Waals surface area contributed by atoms with Crippen molar-refractivity contribution in [3.63, 3.8) is 0 Å². The molecule has 0 atom stereocenters. The van der Waals surface area contributed by atoms with Gasteiger partial charge in [-0.3, -0.25) is 4.79 Å². The van der Waals surface area contributed by atoms with Crippen molar-refractivity contribution >= 4 is 17.6 Å². The number of rotatable bonds is 6. The Hall–Kier alpha value is -3.33. The molecule has 1 amide bonds. The predicted molar refractivity (Wildman–Crippen MR) is 92.4 cm³/mol. The van der Waals surface area contributed by atoms with Crippen molar-refractivity contribution in [3.8, 4) is 11.8 Å². The highest BCUT2D eigenvalue weighted by molar-refractivity contribution is 5.95. The molecule has 0 bridgehead atoms. The van der Waals surface area contributed by atoms with Crippen LogP contribution < -0.4 is 10.1 Å². The number of benzene rings is 2. The third-order valence-corrected chi connectivity index (χ3v) is 3.50. The van der Waals surface area contributed by atoms with Gasteiger partial charge < -0.3 is 14.8 Å². The summed E-state index contributed by atoms with van der Waals surface area (Å²) in [6.07, 6.45) is 0.311. The zero-order chi connectivity index (χ0) is 18.2. The largest absolute Gasteiger partial charge is 0.496 e. The van der Waals surface area contributed by atoms with E-state index >= 15 is 0 Å². The Morgan fingerprint density at radius 2 is 1.88 bits per heavy atom. The van der Waals surface area contributed by atoms with E-state index in [1.807, 2.05) is 6.92 Å². The number of carbonyl (C=O) groups excluding carboxylic acids is 2. The van der Waals surface area contributed by atoms with E-state index in [-0.39, 0.29) is 0 Å². The van der Waals surface area contributed by atoms with Crippen molar-refractivity contribution in [1.82, 2.24) is 0 Å². The zero-order valence-corrected chi connectivity index (χ0v) is 14.0. The molecule has 0 unspecified atom stereocenters. The Balaban J connectivity index is 1.89. The molecule has 128 valence electrons. The monoisotopic (exact) mass is 338 g/mol. The first kappa shape index (κ1) is 18.0. The smallest absolute Gasteiger partial charge is 0.338 e. The zero-order valence-electron chi connectivity index (χ0n) is 14.0. The molecule has 0 saturated carbocycles. The minimum atomic E-state index is -0.599. The topological polar surface area (TPSA) is 88.4 Å². The number of nitriles is 1. The van der Waals surface area contributed by atoms with Crippen LogP contribution in [0.4, 0.5) is 5.69 Å². The third kappa shape index (κ3) is 5.08. The van der Waals surface area contributed by atoms with Gasteiger partial charge in [0.1, 0.15) is 5.75 Å². The molecule has 1 N–H and O–H groups in total. The molecule has 2 aromatic carbocycles. The summed E-state index contributed by atoms with van der Waals surface area (Å²) in [6.45, 7) is 1.47. The van der Waals surface area contributed by atoms with Crippen LogP contribution >= 0.6 is 0 Å². The standard InChI is InChI=1S/C19H18N2O4/c1-13-3-6-15(11-17(13)24-2)19(23)25-12-18(22)21-16-7-4-14(5-8-16)9-10-20/h3-8,11H,9,12H2,1-2H3,(H,21,22). The number of aryl methyl sites for hydroxylation is 1. The van der Waals surface area contributed by atoms with Crippen LogP contribution in [0.25, 0.3) is 0 Å². The number of methoxy groups -OCH3 is 1. The van der Waals surface area contributed by atoms with Gasteiger partial charge in [0.05, 0.1) is 25.2 Å². The lowest BCUT2D eigenvalue weighted by molar-refractivity contribution is -0.119. The normalized spacial score (nSPS) is 9.80. The highest BCUT2D eigenvalue weighted by Crippen LogP contribution is 2.19. The lowest BCUT2D eigenvalue weighted by Crippen LogP contribution is -2.21. The molecule has 6 heteroatoms. The number of hydrogen-bond acceptors (Lipinski definition) is 5. The highest BCUT2D eigenvalue weighted by Gasteiger charge is 2.12. The van der Waals surface area contributed by atoms with Crippen LogP contribution in [0.3, 0.4) is 0 Å². The number of nitrogens with zero attached hydrogens (tertiary/aromatic N) is 1. The molecule has 0 aliphatic rings. The Kier molecular flexibility index (Phi) is 6.13. The van der Waals surface area contributed by atoms with E-state index in [0.29, 0.717) is 23.4 Å². The van der Waals surface area contributed by atoms with Crippen molar-refractivity contribution in [2.45, 2.75) is 13.3 Å². The van der Waals surface area contributed by atoms with Gasteiger partial charge in [-0.2, -0.15) is 5.26 Å². The molecule has 0 radical (unpaired) electrons. The summed E-state index contributed by atoms with van der Waals surface area (Å²) in [4.78, 5) is 23.9. The van der Waals surface area contributed by atoms with Gasteiger partial charge in [0.15, 0.2) is 6.61 Å². The van der Waals surface area contributed by atoms with Crippen molar-refractivity contribution in [2.75, 3.05) is 19.0 Å². The van der Waals surface area contributed by atoms with E-state index in [4.69, 9.17) is 14.7 Å². The van der Waals surface area contributed by atoms with E-state index < -0.39 is 18.5 Å². The summed E-state index contributed by atoms with van der Waals surface area (Å²) in [5, 5.41) is 11.2. The molecule has 6 nitrogen and oxygen atoms in total. The summed E-state index contributed by atoms with van der Waals surface area (Å²) in [6, 6.07) is 13.9. The molecule has 0 saturated heterocycles. The van der Waals surface area contributed by atoms with Crippen LogP contribution in [0.5, 0.6) is 5.75 Å². The second kappa shape index (κ2) is 8.50. The summed E-state index contributed by atoms with van der Waals surface area (Å²) in [7, 11) is 1.52. The number of nitrogens with one attached hydrogen (secondary N) is 1. The molecule has 0 fully saturated rings. The van der Waals surface area contributed by atoms with Crippen LogP contribution in [0.2, 0.25) is 0 Å². The van der Waals surface area contributed by atoms with E-state index in [2.05, 4.69) is 11.4 Å². The molecule has 2 rings (SSSR count). The number of anilines is 1. The maximum atomic E-state index is 12.0. The minimum absolute atomic E-state index is 0.311. The van der Waals surface area contributed by atoms with Crippen molar-refractivity contribution in [3.05, 3.63) is 59.2 Å². The average Bonchev–Trinajstić information content (AvgIpc) is 2.62. The average molecular weight is 338 g/mol. The van der Waals surface area contributed by atoms with Crippen LogP contribution in [0.15, 0.2) is 42.5 Å². The van der Waals surface area contributed by atoms with Gasteiger partial charge in [-0.25, -0.2) is 4.79 Å². The van der Waals surface area contributed by atoms with Crippen LogP contribution in [0, 0.1) is 18.3 Å². The Morgan fingerprint density at radius 1 is 1.16 bits per heavy atom. The molecule has 2 aromatic rings. The van der Waals surface area contributed by atoms with E-state index in [1.165, 1.54) is 7.11 Å². The Bertz CT molecular complexity index is 807. The van der Waals surface area contributed by atoms with Gasteiger partial charge in [-0.15, -0.1) is 0 Å². The molecule has 0 aromatic heterocycles. The maximum Gasteiger partial charge on any atom is 0.338 e. The first-order valence-corrected chi connectivity index (χ1v) is 7.61. The van der Waals surface area contributed by atoms with Crippen LogP contribution in [0.1, 0.15) is 21.5 Å². The van der Waals surface area contributed by atoms with Gasteiger partial charge in [0.2, 0.25) is 0 Å². The molecular formula is C19H18N2O4. The van der Waals surface area contributed by atoms with Crippen molar-refractivity contribution in [1.29, 1.82) is 5.26 Å². The first-order chi connectivity index (χ1) is 12.0. The van der Waals surface area contributed by atoms with Crippen LogP contribution in [-0.2, 0) is 16.0 Å². The quantitative estimate of drug-likeness (QED) is 0.818. The fraction of sp³-hybridized carbons (Fsp3) is 0.211. The molecule has 0 aliphatic carbocycles. The van der Waals surface area contributed by atoms with E-state index in [0.717, 1.165) is 11.1 Å². The van der Waals surface area contributed by atoms with Crippen molar-refractivity contribution < 1.29 is 19.1 Å². The first-order valence-electron chi connectivity index (χ1n) is 7.61. The minimum Gasteiger partial charge on any atom is -0.496 e.